The Bertz CT molecular complexity index is 1500. The molecule has 9 heteroatoms. The number of carbonyl (C=O) groups is 1. The van der Waals surface area contributed by atoms with Crippen LogP contribution < -0.4 is 24.4 Å². The minimum Gasteiger partial charge on any atom is -0.497 e. The van der Waals surface area contributed by atoms with E-state index in [1.165, 1.54) is 11.3 Å². The van der Waals surface area contributed by atoms with E-state index in [1.54, 1.807) is 35.8 Å². The van der Waals surface area contributed by atoms with Crippen LogP contribution in [0.2, 0.25) is 0 Å². The summed E-state index contributed by atoms with van der Waals surface area (Å²) < 4.78 is 14.5. The third kappa shape index (κ3) is 4.86. The lowest BCUT2D eigenvalue weighted by Crippen LogP contribution is -2.43. The average molecular weight is 618 g/mol. The SMILES string of the molecule is CCN(CC)C(=O)C1=C(C)N=c2s/c(=C/c3ccc(I)cc3)c(=O)n2[C@@H]1c1cc(OC)ccc1OC. The van der Waals surface area contributed by atoms with Crippen molar-refractivity contribution in [1.29, 1.82) is 0 Å². The predicted molar refractivity (Wildman–Crippen MR) is 150 cm³/mol. The Morgan fingerprint density at radius 1 is 1.14 bits per heavy atom. The molecule has 0 spiro atoms. The van der Waals surface area contributed by atoms with Gasteiger partial charge in [0, 0.05) is 22.2 Å². The van der Waals surface area contributed by atoms with Crippen LogP contribution in [0.5, 0.6) is 11.5 Å². The van der Waals surface area contributed by atoms with Gasteiger partial charge in [0.2, 0.25) is 0 Å². The van der Waals surface area contributed by atoms with Crippen LogP contribution >= 0.6 is 33.9 Å². The smallest absolute Gasteiger partial charge is 0.271 e. The third-order valence-corrected chi connectivity index (χ3v) is 7.90. The first-order chi connectivity index (χ1) is 17.3. The van der Waals surface area contributed by atoms with Crippen LogP contribution in [0.1, 0.15) is 37.9 Å². The molecule has 1 atom stereocenters. The molecule has 0 bridgehead atoms. The number of allylic oxidation sites excluding steroid dienone is 1. The van der Waals surface area contributed by atoms with Gasteiger partial charge in [-0.1, -0.05) is 23.5 Å². The van der Waals surface area contributed by atoms with Gasteiger partial charge in [-0.25, -0.2) is 4.99 Å². The molecule has 2 heterocycles. The topological polar surface area (TPSA) is 73.1 Å². The number of likely N-dealkylation sites (N-methyl/N-ethyl adjacent to an activating group) is 1. The van der Waals surface area contributed by atoms with Crippen LogP contribution in [0.25, 0.3) is 6.08 Å². The lowest BCUT2D eigenvalue weighted by atomic mass is 9.93. The molecule has 1 aliphatic rings. The molecule has 0 radical (unpaired) electrons. The first-order valence-corrected chi connectivity index (χ1v) is 13.5. The number of halogens is 1. The zero-order valence-electron chi connectivity index (χ0n) is 20.9. The van der Waals surface area contributed by atoms with Gasteiger partial charge in [0.1, 0.15) is 17.5 Å². The average Bonchev–Trinajstić information content (AvgIpc) is 3.18. The monoisotopic (exact) mass is 617 g/mol. The number of nitrogens with zero attached hydrogens (tertiary/aromatic N) is 3. The molecular weight excluding hydrogens is 589 g/mol. The molecule has 188 valence electrons. The number of hydrogen-bond donors (Lipinski definition) is 0. The van der Waals surface area contributed by atoms with E-state index >= 15 is 0 Å². The number of benzene rings is 2. The van der Waals surface area contributed by atoms with Crippen LogP contribution in [0, 0.1) is 3.57 Å². The van der Waals surface area contributed by atoms with Crippen molar-refractivity contribution in [3.63, 3.8) is 0 Å². The van der Waals surface area contributed by atoms with Gasteiger partial charge in [-0.05, 0) is 85.3 Å². The molecule has 0 saturated carbocycles. The van der Waals surface area contributed by atoms with Crippen molar-refractivity contribution in [3.8, 4) is 11.5 Å². The van der Waals surface area contributed by atoms with Gasteiger partial charge in [0.25, 0.3) is 11.5 Å². The molecule has 4 rings (SSSR count). The summed E-state index contributed by atoms with van der Waals surface area (Å²) >= 11 is 3.57. The molecule has 0 N–H and O–H groups in total. The van der Waals surface area contributed by atoms with Crippen molar-refractivity contribution in [2.45, 2.75) is 26.8 Å². The second kappa shape index (κ2) is 11.0. The number of carbonyl (C=O) groups excluding carboxylic acids is 1. The van der Waals surface area contributed by atoms with E-state index in [0.29, 0.717) is 50.8 Å². The fourth-order valence-corrected chi connectivity index (χ4v) is 5.74. The standard InChI is InChI=1S/C27H28IN3O4S/c1-6-30(7-2)26(33)23-16(3)29-27-31(24(23)20-15-19(34-4)12-13-21(20)35-5)25(32)22(36-27)14-17-8-10-18(28)11-9-17/h8-15,24H,6-7H2,1-5H3/b22-14+/t24-/m1/s1. The number of rotatable bonds is 7. The molecule has 0 fully saturated rings. The Hall–Kier alpha value is -2.92. The number of fused-ring (bicyclic) bond motifs is 1. The highest BCUT2D eigenvalue weighted by Gasteiger charge is 2.36. The molecule has 3 aromatic rings. The first kappa shape index (κ1) is 26.2. The van der Waals surface area contributed by atoms with Crippen LogP contribution in [0.3, 0.4) is 0 Å². The molecule has 0 unspecified atom stereocenters. The summed E-state index contributed by atoms with van der Waals surface area (Å²) in [6, 6.07) is 12.7. The Labute approximate surface area is 227 Å². The summed E-state index contributed by atoms with van der Waals surface area (Å²) in [5.74, 6) is 1.02. The molecule has 0 aliphatic carbocycles. The van der Waals surface area contributed by atoms with E-state index in [9.17, 15) is 9.59 Å². The van der Waals surface area contributed by atoms with Crippen molar-refractivity contribution < 1.29 is 14.3 Å². The zero-order chi connectivity index (χ0) is 26.0. The summed E-state index contributed by atoms with van der Waals surface area (Å²) in [6.45, 7) is 6.80. The van der Waals surface area contributed by atoms with Crippen LogP contribution in [-0.4, -0.2) is 42.7 Å². The van der Waals surface area contributed by atoms with Crippen molar-refractivity contribution in [2.75, 3.05) is 27.3 Å². The number of amides is 1. The maximum absolute atomic E-state index is 13.9. The largest absolute Gasteiger partial charge is 0.497 e. The Morgan fingerprint density at radius 2 is 1.83 bits per heavy atom. The van der Waals surface area contributed by atoms with E-state index in [1.807, 2.05) is 57.2 Å². The van der Waals surface area contributed by atoms with Gasteiger partial charge in [0.05, 0.1) is 30.0 Å². The normalized spacial score (nSPS) is 15.4. The highest BCUT2D eigenvalue weighted by atomic mass is 127. The minimum absolute atomic E-state index is 0.150. The molecule has 1 aliphatic heterocycles. The molecule has 2 aromatic carbocycles. The summed E-state index contributed by atoms with van der Waals surface area (Å²) in [5, 5.41) is 0. The summed E-state index contributed by atoms with van der Waals surface area (Å²) in [5.41, 5.74) is 2.43. The number of thiazole rings is 1. The van der Waals surface area contributed by atoms with E-state index in [2.05, 4.69) is 22.6 Å². The van der Waals surface area contributed by atoms with E-state index < -0.39 is 6.04 Å². The first-order valence-electron chi connectivity index (χ1n) is 11.6. The van der Waals surface area contributed by atoms with Gasteiger partial charge in [-0.15, -0.1) is 0 Å². The summed E-state index contributed by atoms with van der Waals surface area (Å²) in [6.07, 6.45) is 1.87. The molecule has 1 amide bonds. The van der Waals surface area contributed by atoms with Gasteiger partial charge in [0.15, 0.2) is 4.80 Å². The van der Waals surface area contributed by atoms with Crippen molar-refractivity contribution in [3.05, 3.63) is 88.1 Å². The zero-order valence-corrected chi connectivity index (χ0v) is 23.8. The van der Waals surface area contributed by atoms with E-state index in [4.69, 9.17) is 14.5 Å². The second-order valence-corrected chi connectivity index (χ2v) is 10.5. The summed E-state index contributed by atoms with van der Waals surface area (Å²) in [4.78, 5) is 34.7. The minimum atomic E-state index is -0.710. The van der Waals surface area contributed by atoms with Gasteiger partial charge >= 0.3 is 0 Å². The predicted octanol–water partition coefficient (Wildman–Crippen LogP) is 3.73. The number of aromatic nitrogens is 1. The molecule has 1 aromatic heterocycles. The fraction of sp³-hybridized carbons (Fsp3) is 0.296. The van der Waals surface area contributed by atoms with Crippen LogP contribution in [0.15, 0.2) is 63.5 Å². The highest BCUT2D eigenvalue weighted by Crippen LogP contribution is 2.38. The fourth-order valence-electron chi connectivity index (χ4n) is 4.33. The Morgan fingerprint density at radius 3 is 2.44 bits per heavy atom. The van der Waals surface area contributed by atoms with Gasteiger partial charge in [-0.3, -0.25) is 14.2 Å². The highest BCUT2D eigenvalue weighted by molar-refractivity contribution is 14.1. The van der Waals surface area contributed by atoms with Crippen molar-refractivity contribution in [2.24, 2.45) is 4.99 Å². The Balaban J connectivity index is 2.02. The maximum atomic E-state index is 13.9. The molecule has 0 saturated heterocycles. The lowest BCUT2D eigenvalue weighted by molar-refractivity contribution is -0.127. The second-order valence-electron chi connectivity index (χ2n) is 8.22. The van der Waals surface area contributed by atoms with E-state index in [0.717, 1.165) is 9.13 Å². The molecule has 7 nitrogen and oxygen atoms in total. The van der Waals surface area contributed by atoms with Crippen molar-refractivity contribution in [1.82, 2.24) is 9.47 Å². The third-order valence-electron chi connectivity index (χ3n) is 6.20. The Kier molecular flexibility index (Phi) is 7.99. The number of methoxy groups -OCH3 is 2. The number of hydrogen-bond acceptors (Lipinski definition) is 6. The van der Waals surface area contributed by atoms with Gasteiger partial charge < -0.3 is 14.4 Å². The lowest BCUT2D eigenvalue weighted by Gasteiger charge is -2.30. The quantitative estimate of drug-likeness (QED) is 0.379. The van der Waals surface area contributed by atoms with Gasteiger partial charge in [-0.2, -0.15) is 0 Å². The van der Waals surface area contributed by atoms with Crippen molar-refractivity contribution >= 4 is 45.9 Å². The molecular formula is C27H28IN3O4S. The van der Waals surface area contributed by atoms with Crippen LogP contribution in [0.4, 0.5) is 0 Å². The van der Waals surface area contributed by atoms with E-state index in [-0.39, 0.29) is 11.5 Å². The maximum Gasteiger partial charge on any atom is 0.271 e. The molecule has 36 heavy (non-hydrogen) atoms. The summed E-state index contributed by atoms with van der Waals surface area (Å²) in [7, 11) is 3.16. The van der Waals surface area contributed by atoms with Crippen LogP contribution in [-0.2, 0) is 4.79 Å². The number of ether oxygens (including phenoxy) is 2.